The van der Waals surface area contributed by atoms with Gasteiger partial charge in [0.1, 0.15) is 0 Å². The minimum absolute atomic E-state index is 0.0208. The topological polar surface area (TPSA) is 42.0 Å². The minimum Gasteiger partial charge on any atom is -0.347 e. The number of halogens is 2. The molecule has 5 heteroatoms. The van der Waals surface area contributed by atoms with E-state index in [1.54, 1.807) is 18.3 Å². The molecule has 2 heterocycles. The third kappa shape index (κ3) is 3.73. The number of rotatable bonds is 4. The Morgan fingerprint density at radius 1 is 1.32 bits per heavy atom. The molecule has 0 spiro atoms. The molecule has 3 atom stereocenters. The number of benzene rings is 1. The monoisotopic (exact) mass is 374 g/mol. The van der Waals surface area contributed by atoms with Gasteiger partial charge < -0.3 is 5.32 Å². The highest BCUT2D eigenvalue weighted by atomic mass is 35.5. The van der Waals surface area contributed by atoms with Crippen LogP contribution in [-0.4, -0.2) is 10.9 Å². The number of aromatic nitrogens is 1. The fraction of sp³-hybridized carbons (Fsp3) is 0.300. The summed E-state index contributed by atoms with van der Waals surface area (Å²) in [5.74, 6) is 0.0856. The molecule has 1 N–H and O–H groups in total. The van der Waals surface area contributed by atoms with Gasteiger partial charge in [-0.05, 0) is 42.7 Å². The SMILES string of the molecule is C=CCC1(C)CC(c2cccc(Cl)c2)C(c2ccc(Cl)cn2)NC1=O. The van der Waals surface area contributed by atoms with E-state index in [9.17, 15) is 4.79 Å². The maximum atomic E-state index is 12.8. The molecule has 1 aromatic carbocycles. The summed E-state index contributed by atoms with van der Waals surface area (Å²) >= 11 is 12.2. The second kappa shape index (κ2) is 7.19. The predicted molar refractivity (Wildman–Crippen MR) is 102 cm³/mol. The molecule has 0 aliphatic carbocycles. The molecule has 1 aliphatic rings. The van der Waals surface area contributed by atoms with Crippen LogP contribution in [0.4, 0.5) is 0 Å². The summed E-state index contributed by atoms with van der Waals surface area (Å²) in [6.45, 7) is 5.78. The molecular weight excluding hydrogens is 355 g/mol. The summed E-state index contributed by atoms with van der Waals surface area (Å²) in [4.78, 5) is 17.2. The smallest absolute Gasteiger partial charge is 0.226 e. The van der Waals surface area contributed by atoms with Crippen molar-refractivity contribution < 1.29 is 4.79 Å². The molecule has 3 unspecified atom stereocenters. The Morgan fingerprint density at radius 3 is 2.76 bits per heavy atom. The second-order valence-corrected chi connectivity index (χ2v) is 7.64. The molecule has 25 heavy (non-hydrogen) atoms. The lowest BCUT2D eigenvalue weighted by atomic mass is 9.69. The highest BCUT2D eigenvalue weighted by molar-refractivity contribution is 6.30. The number of carbonyl (C=O) groups excluding carboxylic acids is 1. The molecule has 0 radical (unpaired) electrons. The molecule has 130 valence electrons. The maximum Gasteiger partial charge on any atom is 0.226 e. The van der Waals surface area contributed by atoms with Crippen molar-refractivity contribution in [2.45, 2.75) is 31.7 Å². The normalized spacial score (nSPS) is 26.1. The van der Waals surface area contributed by atoms with E-state index in [2.05, 4.69) is 16.9 Å². The number of nitrogens with zero attached hydrogens (tertiary/aromatic N) is 1. The van der Waals surface area contributed by atoms with Crippen molar-refractivity contribution in [2.75, 3.05) is 0 Å². The second-order valence-electron chi connectivity index (χ2n) is 6.77. The molecule has 1 fully saturated rings. The molecule has 1 aromatic heterocycles. The van der Waals surface area contributed by atoms with Crippen LogP contribution in [0, 0.1) is 5.41 Å². The van der Waals surface area contributed by atoms with E-state index >= 15 is 0 Å². The van der Waals surface area contributed by atoms with Crippen molar-refractivity contribution in [3.05, 3.63) is 76.6 Å². The first-order chi connectivity index (χ1) is 11.9. The highest BCUT2D eigenvalue weighted by Gasteiger charge is 2.44. The van der Waals surface area contributed by atoms with E-state index in [-0.39, 0.29) is 17.9 Å². The Hall–Kier alpha value is -1.84. The van der Waals surface area contributed by atoms with Crippen molar-refractivity contribution in [3.63, 3.8) is 0 Å². The number of carbonyl (C=O) groups is 1. The summed E-state index contributed by atoms with van der Waals surface area (Å²) in [5.41, 5.74) is 1.38. The van der Waals surface area contributed by atoms with Gasteiger partial charge in [-0.2, -0.15) is 0 Å². The third-order valence-electron chi connectivity index (χ3n) is 4.85. The average molecular weight is 375 g/mol. The fourth-order valence-electron chi connectivity index (χ4n) is 3.51. The Morgan fingerprint density at radius 2 is 2.12 bits per heavy atom. The first kappa shape index (κ1) is 18.0. The van der Waals surface area contributed by atoms with Crippen LogP contribution in [0.5, 0.6) is 0 Å². The van der Waals surface area contributed by atoms with Crippen LogP contribution in [0.25, 0.3) is 0 Å². The Bertz CT molecular complexity index is 791. The highest BCUT2D eigenvalue weighted by Crippen LogP contribution is 2.46. The van der Waals surface area contributed by atoms with Crippen molar-refractivity contribution in [1.29, 1.82) is 0 Å². The quantitative estimate of drug-likeness (QED) is 0.736. The number of amides is 1. The molecule has 0 bridgehead atoms. The average Bonchev–Trinajstić information content (AvgIpc) is 2.58. The van der Waals surface area contributed by atoms with Crippen LogP contribution in [0.2, 0.25) is 10.0 Å². The van der Waals surface area contributed by atoms with E-state index in [1.807, 2.05) is 37.3 Å². The summed E-state index contributed by atoms with van der Waals surface area (Å²) < 4.78 is 0. The lowest BCUT2D eigenvalue weighted by molar-refractivity contribution is -0.134. The largest absolute Gasteiger partial charge is 0.347 e. The van der Waals surface area contributed by atoms with Crippen molar-refractivity contribution in [1.82, 2.24) is 10.3 Å². The van der Waals surface area contributed by atoms with Gasteiger partial charge in [0.15, 0.2) is 0 Å². The van der Waals surface area contributed by atoms with Crippen LogP contribution in [-0.2, 0) is 4.79 Å². The molecule has 1 amide bonds. The molecule has 3 rings (SSSR count). The standard InChI is InChI=1S/C20H20Cl2N2O/c1-3-9-20(2)11-16(13-5-4-6-14(21)10-13)18(24-19(20)25)17-8-7-15(22)12-23-17/h3-8,10,12,16,18H,1,9,11H2,2H3,(H,24,25). The summed E-state index contributed by atoms with van der Waals surface area (Å²) in [6, 6.07) is 11.2. The van der Waals surface area contributed by atoms with Gasteiger partial charge in [-0.15, -0.1) is 6.58 Å². The van der Waals surface area contributed by atoms with Gasteiger partial charge in [-0.25, -0.2) is 0 Å². The fourth-order valence-corrected chi connectivity index (χ4v) is 3.82. The minimum atomic E-state index is -0.502. The zero-order chi connectivity index (χ0) is 18.0. The number of nitrogens with one attached hydrogen (secondary N) is 1. The van der Waals surface area contributed by atoms with Crippen LogP contribution in [0.15, 0.2) is 55.3 Å². The molecule has 2 aromatic rings. The van der Waals surface area contributed by atoms with Crippen LogP contribution in [0.1, 0.15) is 43.0 Å². The Labute approximate surface area is 158 Å². The maximum absolute atomic E-state index is 12.8. The first-order valence-electron chi connectivity index (χ1n) is 8.22. The Balaban J connectivity index is 2.03. The lowest BCUT2D eigenvalue weighted by Gasteiger charge is -2.42. The van der Waals surface area contributed by atoms with E-state index in [0.717, 1.165) is 11.3 Å². The van der Waals surface area contributed by atoms with Gasteiger partial charge in [0.2, 0.25) is 5.91 Å². The van der Waals surface area contributed by atoms with Crippen LogP contribution in [0.3, 0.4) is 0 Å². The summed E-state index contributed by atoms with van der Waals surface area (Å²) in [6.07, 6.45) is 4.72. The van der Waals surface area contributed by atoms with Crippen molar-refractivity contribution in [2.24, 2.45) is 5.41 Å². The van der Waals surface area contributed by atoms with Gasteiger partial charge in [-0.3, -0.25) is 9.78 Å². The van der Waals surface area contributed by atoms with Gasteiger partial charge in [0.05, 0.1) is 22.2 Å². The Kier molecular flexibility index (Phi) is 5.16. The van der Waals surface area contributed by atoms with Gasteiger partial charge in [0, 0.05) is 17.1 Å². The number of pyridine rings is 1. The molecule has 1 aliphatic heterocycles. The number of piperidine rings is 1. The molecule has 3 nitrogen and oxygen atoms in total. The molecular formula is C20H20Cl2N2O. The molecule has 0 saturated carbocycles. The van der Waals surface area contributed by atoms with Crippen LogP contribution >= 0.6 is 23.2 Å². The number of allylic oxidation sites excluding steroid dienone is 1. The first-order valence-corrected chi connectivity index (χ1v) is 8.97. The van der Waals surface area contributed by atoms with E-state index < -0.39 is 5.41 Å². The summed E-state index contributed by atoms with van der Waals surface area (Å²) in [5, 5.41) is 4.41. The number of hydrogen-bond acceptors (Lipinski definition) is 2. The third-order valence-corrected chi connectivity index (χ3v) is 5.31. The van der Waals surface area contributed by atoms with Crippen LogP contribution < -0.4 is 5.32 Å². The van der Waals surface area contributed by atoms with Crippen molar-refractivity contribution >= 4 is 29.1 Å². The van der Waals surface area contributed by atoms with Gasteiger partial charge in [-0.1, -0.05) is 48.3 Å². The van der Waals surface area contributed by atoms with E-state index in [0.29, 0.717) is 22.9 Å². The zero-order valence-electron chi connectivity index (χ0n) is 14.0. The molecule has 1 saturated heterocycles. The predicted octanol–water partition coefficient (Wildman–Crippen LogP) is 5.32. The lowest BCUT2D eigenvalue weighted by Crippen LogP contribution is -2.49. The van der Waals surface area contributed by atoms with E-state index in [1.165, 1.54) is 0 Å². The van der Waals surface area contributed by atoms with E-state index in [4.69, 9.17) is 23.2 Å². The zero-order valence-corrected chi connectivity index (χ0v) is 15.5. The number of hydrogen-bond donors (Lipinski definition) is 1. The van der Waals surface area contributed by atoms with Gasteiger partial charge in [0.25, 0.3) is 0 Å². The summed E-state index contributed by atoms with van der Waals surface area (Å²) in [7, 11) is 0. The van der Waals surface area contributed by atoms with Crippen molar-refractivity contribution in [3.8, 4) is 0 Å². The van der Waals surface area contributed by atoms with Gasteiger partial charge >= 0.3 is 0 Å².